The molecule has 2 rings (SSSR count). The molecule has 2 N–H and O–H groups in total. The predicted octanol–water partition coefficient (Wildman–Crippen LogP) is 1.95. The van der Waals surface area contributed by atoms with Crippen molar-refractivity contribution in [3.8, 4) is 0 Å². The van der Waals surface area contributed by atoms with Crippen molar-refractivity contribution in [3.63, 3.8) is 0 Å². The molecule has 0 saturated carbocycles. The van der Waals surface area contributed by atoms with Crippen LogP contribution in [0.1, 0.15) is 31.7 Å². The number of ether oxygens (including phenoxy) is 1. The van der Waals surface area contributed by atoms with E-state index in [0.717, 1.165) is 49.4 Å². The zero-order valence-electron chi connectivity index (χ0n) is 13.3. The molecule has 6 heteroatoms. The number of nitrogens with zero attached hydrogens (tertiary/aromatic N) is 3. The fourth-order valence-corrected chi connectivity index (χ4v) is 3.37. The van der Waals surface area contributed by atoms with Crippen molar-refractivity contribution in [2.24, 2.45) is 5.73 Å². The Morgan fingerprint density at radius 2 is 2.24 bits per heavy atom. The Morgan fingerprint density at radius 3 is 2.90 bits per heavy atom. The SMILES string of the molecule is CCCN1CCOC(C(N)Cc2c(Br)c(C)nn2CC)C1. The smallest absolute Gasteiger partial charge is 0.0856 e. The fraction of sp³-hybridized carbons (Fsp3) is 0.800. The molecule has 2 atom stereocenters. The summed E-state index contributed by atoms with van der Waals surface area (Å²) in [7, 11) is 0. The van der Waals surface area contributed by atoms with Crippen LogP contribution in [-0.4, -0.2) is 53.1 Å². The molecule has 2 unspecified atom stereocenters. The summed E-state index contributed by atoms with van der Waals surface area (Å²) in [5, 5.41) is 4.53. The number of rotatable bonds is 6. The van der Waals surface area contributed by atoms with Crippen molar-refractivity contribution in [2.45, 2.75) is 52.3 Å². The average Bonchev–Trinajstić information content (AvgIpc) is 2.75. The van der Waals surface area contributed by atoms with Crippen molar-refractivity contribution in [2.75, 3.05) is 26.2 Å². The first-order chi connectivity index (χ1) is 10.1. The monoisotopic (exact) mass is 358 g/mol. The maximum atomic E-state index is 6.43. The van der Waals surface area contributed by atoms with E-state index in [1.807, 2.05) is 11.6 Å². The van der Waals surface area contributed by atoms with Crippen LogP contribution in [0.2, 0.25) is 0 Å². The van der Waals surface area contributed by atoms with Gasteiger partial charge in [-0.25, -0.2) is 0 Å². The molecule has 0 radical (unpaired) electrons. The summed E-state index contributed by atoms with van der Waals surface area (Å²) >= 11 is 3.64. The molecule has 0 aliphatic carbocycles. The van der Waals surface area contributed by atoms with Crippen LogP contribution in [0, 0.1) is 6.92 Å². The summed E-state index contributed by atoms with van der Waals surface area (Å²) in [6, 6.07) is 0.00218. The van der Waals surface area contributed by atoms with E-state index in [1.54, 1.807) is 0 Å². The standard InChI is InChI=1S/C15H27BrN4O/c1-4-6-19-7-8-21-14(10-19)12(17)9-13-15(16)11(3)18-20(13)5-2/h12,14H,4-10,17H2,1-3H3. The topological polar surface area (TPSA) is 56.3 Å². The lowest BCUT2D eigenvalue weighted by atomic mass is 10.0. The summed E-state index contributed by atoms with van der Waals surface area (Å²) in [5.41, 5.74) is 8.63. The Kier molecular flexibility index (Phi) is 6.22. The minimum absolute atomic E-state index is 0.00218. The highest BCUT2D eigenvalue weighted by Gasteiger charge is 2.27. The minimum atomic E-state index is 0.00218. The molecular formula is C15H27BrN4O. The Labute approximate surface area is 135 Å². The van der Waals surface area contributed by atoms with Crippen LogP contribution in [0.5, 0.6) is 0 Å². The summed E-state index contributed by atoms with van der Waals surface area (Å²) in [6.07, 6.45) is 2.08. The van der Waals surface area contributed by atoms with E-state index in [1.165, 1.54) is 12.1 Å². The van der Waals surface area contributed by atoms with Gasteiger partial charge in [-0.3, -0.25) is 9.58 Å². The Hall–Kier alpha value is -0.430. The second-order valence-electron chi connectivity index (χ2n) is 5.74. The number of hydrogen-bond donors (Lipinski definition) is 1. The van der Waals surface area contributed by atoms with Crippen LogP contribution in [0.3, 0.4) is 0 Å². The zero-order valence-corrected chi connectivity index (χ0v) is 14.9. The van der Waals surface area contributed by atoms with E-state index in [0.29, 0.717) is 0 Å². The minimum Gasteiger partial charge on any atom is -0.374 e. The first-order valence-electron chi connectivity index (χ1n) is 7.88. The molecule has 0 aromatic carbocycles. The number of aryl methyl sites for hydroxylation is 2. The molecule has 0 bridgehead atoms. The van der Waals surface area contributed by atoms with E-state index in [9.17, 15) is 0 Å². The first kappa shape index (κ1) is 16.9. The van der Waals surface area contributed by atoms with Crippen LogP contribution in [0.15, 0.2) is 4.47 Å². The summed E-state index contributed by atoms with van der Waals surface area (Å²) < 4.78 is 9.01. The number of morpholine rings is 1. The Morgan fingerprint density at radius 1 is 1.48 bits per heavy atom. The highest BCUT2D eigenvalue weighted by Crippen LogP contribution is 2.23. The predicted molar refractivity (Wildman–Crippen MR) is 88.5 cm³/mol. The van der Waals surface area contributed by atoms with Crippen molar-refractivity contribution in [1.29, 1.82) is 0 Å². The van der Waals surface area contributed by atoms with Gasteiger partial charge < -0.3 is 10.5 Å². The number of nitrogens with two attached hydrogens (primary N) is 1. The second kappa shape index (κ2) is 7.72. The fourth-order valence-electron chi connectivity index (χ4n) is 2.93. The van der Waals surface area contributed by atoms with Crippen LogP contribution in [-0.2, 0) is 17.7 Å². The van der Waals surface area contributed by atoms with Crippen LogP contribution in [0.4, 0.5) is 0 Å². The van der Waals surface area contributed by atoms with Crippen molar-refractivity contribution < 1.29 is 4.74 Å². The lowest BCUT2D eigenvalue weighted by molar-refractivity contribution is -0.0403. The molecule has 1 aromatic heterocycles. The summed E-state index contributed by atoms with van der Waals surface area (Å²) in [4.78, 5) is 2.45. The van der Waals surface area contributed by atoms with Crippen molar-refractivity contribution in [1.82, 2.24) is 14.7 Å². The highest BCUT2D eigenvalue weighted by molar-refractivity contribution is 9.10. The van der Waals surface area contributed by atoms with Gasteiger partial charge >= 0.3 is 0 Å². The molecule has 1 saturated heterocycles. The van der Waals surface area contributed by atoms with Gasteiger partial charge in [0.05, 0.1) is 28.6 Å². The summed E-state index contributed by atoms with van der Waals surface area (Å²) in [5.74, 6) is 0. The average molecular weight is 359 g/mol. The third-order valence-corrected chi connectivity index (χ3v) is 5.11. The van der Waals surface area contributed by atoms with E-state index >= 15 is 0 Å². The van der Waals surface area contributed by atoms with Crippen molar-refractivity contribution >= 4 is 15.9 Å². The zero-order chi connectivity index (χ0) is 15.4. The molecule has 1 fully saturated rings. The normalized spacial score (nSPS) is 21.7. The van der Waals surface area contributed by atoms with E-state index in [2.05, 4.69) is 39.8 Å². The van der Waals surface area contributed by atoms with Crippen LogP contribution in [0.25, 0.3) is 0 Å². The number of aromatic nitrogens is 2. The molecular weight excluding hydrogens is 332 g/mol. The molecule has 1 aliphatic heterocycles. The van der Waals surface area contributed by atoms with Crippen molar-refractivity contribution in [3.05, 3.63) is 15.9 Å². The van der Waals surface area contributed by atoms with Gasteiger partial charge in [-0.1, -0.05) is 6.92 Å². The molecule has 21 heavy (non-hydrogen) atoms. The quantitative estimate of drug-likeness (QED) is 0.844. The van der Waals surface area contributed by atoms with Gasteiger partial charge in [-0.2, -0.15) is 5.10 Å². The van der Waals surface area contributed by atoms with Gasteiger partial charge in [0.25, 0.3) is 0 Å². The Bertz CT molecular complexity index is 461. The molecule has 5 nitrogen and oxygen atoms in total. The molecule has 1 aliphatic rings. The lowest BCUT2D eigenvalue weighted by Gasteiger charge is -2.35. The third-order valence-electron chi connectivity index (χ3n) is 4.08. The lowest BCUT2D eigenvalue weighted by Crippen LogP contribution is -2.51. The number of halogens is 1. The van der Waals surface area contributed by atoms with Gasteiger partial charge in [-0.05, 0) is 42.7 Å². The van der Waals surface area contributed by atoms with Gasteiger partial charge in [0, 0.05) is 32.1 Å². The largest absolute Gasteiger partial charge is 0.374 e. The van der Waals surface area contributed by atoms with E-state index in [4.69, 9.17) is 10.5 Å². The Balaban J connectivity index is 2.02. The number of hydrogen-bond acceptors (Lipinski definition) is 4. The van der Waals surface area contributed by atoms with Gasteiger partial charge in [0.15, 0.2) is 0 Å². The highest BCUT2D eigenvalue weighted by atomic mass is 79.9. The first-order valence-corrected chi connectivity index (χ1v) is 8.67. The molecule has 120 valence electrons. The van der Waals surface area contributed by atoms with Crippen LogP contribution >= 0.6 is 15.9 Å². The maximum absolute atomic E-state index is 6.43. The van der Waals surface area contributed by atoms with E-state index in [-0.39, 0.29) is 12.1 Å². The van der Waals surface area contributed by atoms with Crippen LogP contribution < -0.4 is 5.73 Å². The van der Waals surface area contributed by atoms with E-state index < -0.39 is 0 Å². The molecule has 0 spiro atoms. The van der Waals surface area contributed by atoms with Gasteiger partial charge in [-0.15, -0.1) is 0 Å². The second-order valence-corrected chi connectivity index (χ2v) is 6.53. The maximum Gasteiger partial charge on any atom is 0.0856 e. The van der Waals surface area contributed by atoms with Gasteiger partial charge in [0.2, 0.25) is 0 Å². The molecule has 1 aromatic rings. The molecule has 0 amide bonds. The molecule has 2 heterocycles. The summed E-state index contributed by atoms with van der Waals surface area (Å²) in [6.45, 7) is 11.1. The third kappa shape index (κ3) is 4.06. The van der Waals surface area contributed by atoms with Gasteiger partial charge in [0.1, 0.15) is 0 Å².